The molecule has 21 heavy (non-hydrogen) atoms. The van der Waals surface area contributed by atoms with Gasteiger partial charge in [0.25, 0.3) is 0 Å². The lowest BCUT2D eigenvalue weighted by Crippen LogP contribution is -2.39. The van der Waals surface area contributed by atoms with Gasteiger partial charge in [-0.05, 0) is 30.9 Å². The summed E-state index contributed by atoms with van der Waals surface area (Å²) in [6.07, 6.45) is -0.455. The van der Waals surface area contributed by atoms with E-state index in [2.05, 4.69) is 32.6 Å². The third-order valence-electron chi connectivity index (χ3n) is 3.18. The molecule has 3 heteroatoms. The van der Waals surface area contributed by atoms with E-state index >= 15 is 0 Å². The van der Waals surface area contributed by atoms with Gasteiger partial charge < -0.3 is 14.7 Å². The smallest absolute Gasteiger partial charge is 0.119 e. The average molecular weight is 293 g/mol. The molecule has 1 atom stereocenters. The molecule has 0 aromatic heterocycles. The van der Waals surface area contributed by atoms with E-state index in [1.807, 2.05) is 31.2 Å². The van der Waals surface area contributed by atoms with Crippen molar-refractivity contribution in [3.05, 3.63) is 29.8 Å². The number of aliphatic hydroxyl groups excluding tert-OH is 1. The maximum absolute atomic E-state index is 10.2. The summed E-state index contributed by atoms with van der Waals surface area (Å²) >= 11 is 0. The van der Waals surface area contributed by atoms with Crippen LogP contribution in [0.25, 0.3) is 0 Å². The quantitative estimate of drug-likeness (QED) is 0.758. The first kappa shape index (κ1) is 18.0. The average Bonchev–Trinajstić information content (AvgIpc) is 2.36. The lowest BCUT2D eigenvalue weighted by atomic mass is 10.1. The number of hydrogen-bond donors (Lipinski definition) is 1. The van der Waals surface area contributed by atoms with Crippen molar-refractivity contribution in [3.63, 3.8) is 0 Å². The van der Waals surface area contributed by atoms with E-state index in [0.717, 1.165) is 18.8 Å². The largest absolute Gasteiger partial charge is 0.491 e. The highest BCUT2D eigenvalue weighted by atomic mass is 16.5. The summed E-state index contributed by atoms with van der Waals surface area (Å²) in [5, 5.41) is 10.2. The Bertz CT molecular complexity index is 377. The first-order chi connectivity index (χ1) is 9.86. The second kappa shape index (κ2) is 9.06. The summed E-state index contributed by atoms with van der Waals surface area (Å²) in [5.74, 6) is 2.03. The van der Waals surface area contributed by atoms with Crippen LogP contribution in [-0.4, -0.2) is 42.4 Å². The molecule has 0 bridgehead atoms. The number of benzene rings is 1. The number of aryl methyl sites for hydroxylation is 1. The number of hydrogen-bond acceptors (Lipinski definition) is 3. The van der Waals surface area contributed by atoms with E-state index in [-0.39, 0.29) is 0 Å². The fourth-order valence-corrected chi connectivity index (χ4v) is 2.43. The van der Waals surface area contributed by atoms with Crippen molar-refractivity contribution in [2.45, 2.75) is 40.7 Å². The first-order valence-electron chi connectivity index (χ1n) is 7.96. The lowest BCUT2D eigenvalue weighted by Gasteiger charge is -2.28. The van der Waals surface area contributed by atoms with Gasteiger partial charge in [0.1, 0.15) is 18.5 Å². The summed E-state index contributed by atoms with van der Waals surface area (Å²) in [7, 11) is 0. The summed E-state index contributed by atoms with van der Waals surface area (Å²) in [6.45, 7) is 13.9. The molecule has 0 heterocycles. The normalized spacial score (nSPS) is 13.2. The van der Waals surface area contributed by atoms with Crippen molar-refractivity contribution in [1.82, 2.24) is 4.90 Å². The van der Waals surface area contributed by atoms with Crippen LogP contribution in [0, 0.1) is 18.8 Å². The zero-order valence-corrected chi connectivity index (χ0v) is 14.2. The Morgan fingerprint density at radius 2 is 1.48 bits per heavy atom. The van der Waals surface area contributed by atoms with E-state index < -0.39 is 6.10 Å². The minimum absolute atomic E-state index is 0.343. The molecule has 120 valence electrons. The van der Waals surface area contributed by atoms with Crippen LogP contribution < -0.4 is 4.74 Å². The molecule has 0 spiro atoms. The Kier molecular flexibility index (Phi) is 7.76. The summed E-state index contributed by atoms with van der Waals surface area (Å²) in [6, 6.07) is 7.93. The predicted molar refractivity (Wildman–Crippen MR) is 88.8 cm³/mol. The van der Waals surface area contributed by atoms with Gasteiger partial charge in [0, 0.05) is 19.6 Å². The van der Waals surface area contributed by atoms with Gasteiger partial charge in [0.05, 0.1) is 0 Å². The summed E-state index contributed by atoms with van der Waals surface area (Å²) in [4.78, 5) is 2.33. The highest BCUT2D eigenvalue weighted by molar-refractivity contribution is 5.26. The molecule has 1 unspecified atom stereocenters. The molecular formula is C18H31NO2. The highest BCUT2D eigenvalue weighted by Crippen LogP contribution is 2.12. The van der Waals surface area contributed by atoms with E-state index in [1.54, 1.807) is 0 Å². The lowest BCUT2D eigenvalue weighted by molar-refractivity contribution is 0.0601. The van der Waals surface area contributed by atoms with Gasteiger partial charge in [0.2, 0.25) is 0 Å². The van der Waals surface area contributed by atoms with Crippen LogP contribution in [-0.2, 0) is 0 Å². The molecule has 0 saturated heterocycles. The van der Waals surface area contributed by atoms with Crippen molar-refractivity contribution in [3.8, 4) is 5.75 Å². The Morgan fingerprint density at radius 3 is 1.95 bits per heavy atom. The maximum atomic E-state index is 10.2. The molecule has 1 N–H and O–H groups in total. The van der Waals surface area contributed by atoms with E-state index in [4.69, 9.17) is 4.74 Å². The molecule has 0 aliphatic rings. The standard InChI is InChI=1S/C18H31NO2/c1-14(2)10-19(11-15(3)4)12-17(20)13-21-18-8-6-16(5)7-9-18/h6-9,14-15,17,20H,10-13H2,1-5H3. The van der Waals surface area contributed by atoms with Gasteiger partial charge in [-0.25, -0.2) is 0 Å². The van der Waals surface area contributed by atoms with Crippen molar-refractivity contribution >= 4 is 0 Å². The van der Waals surface area contributed by atoms with Gasteiger partial charge in [-0.3, -0.25) is 0 Å². The van der Waals surface area contributed by atoms with Crippen LogP contribution in [0.15, 0.2) is 24.3 Å². The van der Waals surface area contributed by atoms with Crippen LogP contribution in [0.3, 0.4) is 0 Å². The zero-order chi connectivity index (χ0) is 15.8. The fourth-order valence-electron chi connectivity index (χ4n) is 2.43. The molecule has 0 amide bonds. The van der Waals surface area contributed by atoms with Gasteiger partial charge in [-0.2, -0.15) is 0 Å². The van der Waals surface area contributed by atoms with Crippen molar-refractivity contribution in [2.75, 3.05) is 26.2 Å². The highest BCUT2D eigenvalue weighted by Gasteiger charge is 2.15. The van der Waals surface area contributed by atoms with Crippen molar-refractivity contribution in [2.24, 2.45) is 11.8 Å². The monoisotopic (exact) mass is 293 g/mol. The maximum Gasteiger partial charge on any atom is 0.119 e. The van der Waals surface area contributed by atoms with Crippen molar-refractivity contribution < 1.29 is 9.84 Å². The molecular weight excluding hydrogens is 262 g/mol. The molecule has 1 aromatic carbocycles. The van der Waals surface area contributed by atoms with Crippen LogP contribution in [0.2, 0.25) is 0 Å². The second-order valence-corrected chi connectivity index (χ2v) is 6.78. The number of aliphatic hydroxyl groups is 1. The molecule has 3 nitrogen and oxygen atoms in total. The van der Waals surface area contributed by atoms with Crippen LogP contribution in [0.4, 0.5) is 0 Å². The second-order valence-electron chi connectivity index (χ2n) is 6.78. The Balaban J connectivity index is 2.41. The Labute approximate surface area is 129 Å². The van der Waals surface area contributed by atoms with Crippen LogP contribution in [0.5, 0.6) is 5.75 Å². The Hall–Kier alpha value is -1.06. The molecule has 1 rings (SSSR count). The first-order valence-corrected chi connectivity index (χ1v) is 7.96. The molecule has 0 fully saturated rings. The van der Waals surface area contributed by atoms with Gasteiger partial charge in [-0.1, -0.05) is 45.4 Å². The van der Waals surface area contributed by atoms with Gasteiger partial charge in [0.15, 0.2) is 0 Å². The van der Waals surface area contributed by atoms with Gasteiger partial charge in [-0.15, -0.1) is 0 Å². The molecule has 0 aliphatic carbocycles. The Morgan fingerprint density at radius 1 is 0.952 bits per heavy atom. The summed E-state index contributed by atoms with van der Waals surface area (Å²) < 4.78 is 5.66. The summed E-state index contributed by atoms with van der Waals surface area (Å²) in [5.41, 5.74) is 1.21. The minimum atomic E-state index is -0.455. The number of ether oxygens (including phenoxy) is 1. The van der Waals surface area contributed by atoms with E-state index in [9.17, 15) is 5.11 Å². The minimum Gasteiger partial charge on any atom is -0.491 e. The zero-order valence-electron chi connectivity index (χ0n) is 14.2. The van der Waals surface area contributed by atoms with Crippen LogP contribution >= 0.6 is 0 Å². The third kappa shape index (κ3) is 8.08. The van der Waals surface area contributed by atoms with Crippen LogP contribution in [0.1, 0.15) is 33.3 Å². The molecule has 0 saturated carbocycles. The molecule has 1 aromatic rings. The number of nitrogens with zero attached hydrogens (tertiary/aromatic N) is 1. The van der Waals surface area contributed by atoms with E-state index in [0.29, 0.717) is 25.0 Å². The fraction of sp³-hybridized carbons (Fsp3) is 0.667. The third-order valence-corrected chi connectivity index (χ3v) is 3.18. The topological polar surface area (TPSA) is 32.7 Å². The number of rotatable bonds is 9. The van der Waals surface area contributed by atoms with Gasteiger partial charge >= 0.3 is 0 Å². The predicted octanol–water partition coefficient (Wildman–Crippen LogP) is 3.35. The van der Waals surface area contributed by atoms with Crippen molar-refractivity contribution in [1.29, 1.82) is 0 Å². The molecule has 0 aliphatic heterocycles. The molecule has 0 radical (unpaired) electrons. The SMILES string of the molecule is Cc1ccc(OCC(O)CN(CC(C)C)CC(C)C)cc1. The van der Waals surface area contributed by atoms with E-state index in [1.165, 1.54) is 5.56 Å².